The van der Waals surface area contributed by atoms with Gasteiger partial charge in [-0.1, -0.05) is 29.8 Å². The minimum absolute atomic E-state index is 0.235. The Labute approximate surface area is 196 Å². The molecule has 0 fully saturated rings. The third-order valence-electron chi connectivity index (χ3n) is 5.69. The summed E-state index contributed by atoms with van der Waals surface area (Å²) in [6, 6.07) is 20.5. The van der Waals surface area contributed by atoms with Gasteiger partial charge in [0, 0.05) is 21.8 Å². The Morgan fingerprint density at radius 1 is 0.818 bits per heavy atom. The molecule has 0 atom stereocenters. The summed E-state index contributed by atoms with van der Waals surface area (Å²) in [6.45, 7) is 6.05. The largest absolute Gasteiger partial charge is 0.451 e. The highest BCUT2D eigenvalue weighted by Gasteiger charge is 2.15. The molecule has 164 valence electrons. The number of carbonyl (C=O) groups excluding carboxylic acids is 1. The maximum atomic E-state index is 12.7. The van der Waals surface area contributed by atoms with E-state index in [0.29, 0.717) is 33.5 Å². The molecule has 0 aliphatic heterocycles. The molecule has 5 aromatic rings. The molecule has 33 heavy (non-hydrogen) atoms. The molecule has 1 N–H and O–H groups in total. The number of anilines is 1. The van der Waals surface area contributed by atoms with Crippen LogP contribution in [-0.4, -0.2) is 10.9 Å². The fraction of sp³-hybridized carbons (Fsp3) is 0.111. The van der Waals surface area contributed by atoms with Crippen LogP contribution in [0.1, 0.15) is 27.2 Å². The number of aromatic nitrogens is 1. The number of halogens is 1. The van der Waals surface area contributed by atoms with Crippen molar-refractivity contribution in [2.45, 2.75) is 20.8 Å². The molecule has 0 saturated carbocycles. The number of aryl methyl sites for hydroxylation is 3. The van der Waals surface area contributed by atoms with Gasteiger partial charge in [0.05, 0.1) is 0 Å². The van der Waals surface area contributed by atoms with Crippen molar-refractivity contribution in [3.8, 4) is 22.8 Å². The van der Waals surface area contributed by atoms with Crippen LogP contribution in [0.4, 0.5) is 5.69 Å². The number of amides is 1. The summed E-state index contributed by atoms with van der Waals surface area (Å²) >= 11 is 6.23. The molecule has 0 saturated heterocycles. The van der Waals surface area contributed by atoms with Crippen LogP contribution < -0.4 is 5.32 Å². The molecule has 0 spiro atoms. The fourth-order valence-electron chi connectivity index (χ4n) is 3.56. The molecule has 5 rings (SSSR count). The summed E-state index contributed by atoms with van der Waals surface area (Å²) < 4.78 is 11.7. The van der Waals surface area contributed by atoms with Crippen LogP contribution in [0.2, 0.25) is 5.02 Å². The number of hydrogen-bond acceptors (Lipinski definition) is 4. The molecule has 5 nitrogen and oxygen atoms in total. The van der Waals surface area contributed by atoms with E-state index in [1.165, 1.54) is 11.1 Å². The number of fused-ring (bicyclic) bond motifs is 1. The number of nitrogens with zero attached hydrogens (tertiary/aromatic N) is 1. The van der Waals surface area contributed by atoms with Gasteiger partial charge in [0.2, 0.25) is 5.89 Å². The zero-order chi connectivity index (χ0) is 23.1. The van der Waals surface area contributed by atoms with Gasteiger partial charge in [0.15, 0.2) is 11.3 Å². The molecule has 0 aliphatic carbocycles. The van der Waals surface area contributed by atoms with Crippen LogP contribution in [0.5, 0.6) is 0 Å². The Morgan fingerprint density at radius 2 is 1.61 bits per heavy atom. The van der Waals surface area contributed by atoms with Crippen molar-refractivity contribution < 1.29 is 13.6 Å². The lowest BCUT2D eigenvalue weighted by atomic mass is 10.1. The molecule has 0 radical (unpaired) electrons. The number of rotatable bonds is 4. The van der Waals surface area contributed by atoms with Gasteiger partial charge in [0.1, 0.15) is 11.3 Å². The summed E-state index contributed by atoms with van der Waals surface area (Å²) in [7, 11) is 0. The minimum atomic E-state index is -0.335. The third kappa shape index (κ3) is 4.15. The van der Waals surface area contributed by atoms with Gasteiger partial charge < -0.3 is 14.2 Å². The van der Waals surface area contributed by atoms with E-state index in [-0.39, 0.29) is 11.7 Å². The van der Waals surface area contributed by atoms with E-state index in [4.69, 9.17) is 20.4 Å². The average molecular weight is 457 g/mol. The fourth-order valence-corrected chi connectivity index (χ4v) is 3.74. The first-order valence-electron chi connectivity index (χ1n) is 10.5. The number of furan rings is 1. The summed E-state index contributed by atoms with van der Waals surface area (Å²) in [4.78, 5) is 17.3. The SMILES string of the molecule is Cc1ccc(-c2ccc(C(=O)Nc3ccc4oc(-c5ccc(C)c(Cl)c5)nc4c3)o2)cc1C. The highest BCUT2D eigenvalue weighted by atomic mass is 35.5. The standard InChI is InChI=1S/C27H21ClN2O3/c1-15-4-6-18(12-17(15)3)23-10-11-25(32-23)26(31)29-20-8-9-24-22(14-20)30-27(33-24)19-7-5-16(2)21(28)13-19/h4-14H,1-3H3,(H,29,31). The molecule has 0 unspecified atom stereocenters. The summed E-state index contributed by atoms with van der Waals surface area (Å²) in [5.41, 5.74) is 6.94. The van der Waals surface area contributed by atoms with Crippen LogP contribution in [0.3, 0.4) is 0 Å². The molecule has 0 aliphatic rings. The van der Waals surface area contributed by atoms with Crippen molar-refractivity contribution in [2.75, 3.05) is 5.32 Å². The van der Waals surface area contributed by atoms with E-state index < -0.39 is 0 Å². The Bertz CT molecular complexity index is 1510. The van der Waals surface area contributed by atoms with Crippen LogP contribution in [0.25, 0.3) is 33.9 Å². The predicted octanol–water partition coefficient (Wildman–Crippen LogP) is 7.59. The van der Waals surface area contributed by atoms with Crippen molar-refractivity contribution in [2.24, 2.45) is 0 Å². The number of nitrogens with one attached hydrogen (secondary N) is 1. The van der Waals surface area contributed by atoms with Crippen LogP contribution in [0.15, 0.2) is 75.6 Å². The highest BCUT2D eigenvalue weighted by molar-refractivity contribution is 6.31. The second kappa shape index (κ2) is 8.26. The van der Waals surface area contributed by atoms with Crippen molar-refractivity contribution in [1.82, 2.24) is 4.98 Å². The van der Waals surface area contributed by atoms with E-state index in [0.717, 1.165) is 16.7 Å². The topological polar surface area (TPSA) is 68.3 Å². The summed E-state index contributed by atoms with van der Waals surface area (Å²) in [5.74, 6) is 1.02. The zero-order valence-corrected chi connectivity index (χ0v) is 19.2. The predicted molar refractivity (Wildman–Crippen MR) is 131 cm³/mol. The van der Waals surface area contributed by atoms with Gasteiger partial charge >= 0.3 is 0 Å². The Kier molecular flexibility index (Phi) is 5.27. The van der Waals surface area contributed by atoms with Crippen LogP contribution in [0, 0.1) is 20.8 Å². The Balaban J connectivity index is 1.36. The van der Waals surface area contributed by atoms with E-state index in [1.54, 1.807) is 30.3 Å². The zero-order valence-electron chi connectivity index (χ0n) is 18.4. The third-order valence-corrected chi connectivity index (χ3v) is 6.09. The molecule has 3 aromatic carbocycles. The van der Waals surface area contributed by atoms with Crippen molar-refractivity contribution in [1.29, 1.82) is 0 Å². The maximum Gasteiger partial charge on any atom is 0.291 e. The molecule has 2 aromatic heterocycles. The highest BCUT2D eigenvalue weighted by Crippen LogP contribution is 2.29. The second-order valence-corrected chi connectivity index (χ2v) is 8.49. The van der Waals surface area contributed by atoms with Gasteiger partial charge in [-0.2, -0.15) is 0 Å². The number of carbonyl (C=O) groups is 1. The molecule has 1 amide bonds. The van der Waals surface area contributed by atoms with Crippen molar-refractivity contribution in [3.05, 3.63) is 94.2 Å². The van der Waals surface area contributed by atoms with Crippen LogP contribution in [-0.2, 0) is 0 Å². The van der Waals surface area contributed by atoms with Gasteiger partial charge in [-0.25, -0.2) is 4.98 Å². The molecular formula is C27H21ClN2O3. The van der Waals surface area contributed by atoms with Crippen LogP contribution >= 0.6 is 11.6 Å². The Morgan fingerprint density at radius 3 is 2.39 bits per heavy atom. The first kappa shape index (κ1) is 21.0. The quantitative estimate of drug-likeness (QED) is 0.302. The smallest absolute Gasteiger partial charge is 0.291 e. The van der Waals surface area contributed by atoms with Gasteiger partial charge in [-0.3, -0.25) is 4.79 Å². The Hall–Kier alpha value is -3.83. The van der Waals surface area contributed by atoms with Crippen molar-refractivity contribution >= 4 is 34.3 Å². The molecule has 0 bridgehead atoms. The average Bonchev–Trinajstić information content (AvgIpc) is 3.45. The molecular weight excluding hydrogens is 436 g/mol. The van der Waals surface area contributed by atoms with E-state index in [9.17, 15) is 4.79 Å². The number of benzene rings is 3. The monoisotopic (exact) mass is 456 g/mol. The lowest BCUT2D eigenvalue weighted by Crippen LogP contribution is -2.10. The molecule has 2 heterocycles. The minimum Gasteiger partial charge on any atom is -0.451 e. The summed E-state index contributed by atoms with van der Waals surface area (Å²) in [5, 5.41) is 3.52. The maximum absolute atomic E-state index is 12.7. The lowest BCUT2D eigenvalue weighted by molar-refractivity contribution is 0.0997. The summed E-state index contributed by atoms with van der Waals surface area (Å²) in [6.07, 6.45) is 0. The van der Waals surface area contributed by atoms with E-state index >= 15 is 0 Å². The second-order valence-electron chi connectivity index (χ2n) is 8.08. The number of oxazole rings is 1. The first-order valence-corrected chi connectivity index (χ1v) is 10.9. The van der Waals surface area contributed by atoms with Gasteiger partial charge in [-0.15, -0.1) is 0 Å². The van der Waals surface area contributed by atoms with Gasteiger partial charge in [-0.05, 0) is 86.0 Å². The normalized spacial score (nSPS) is 11.2. The van der Waals surface area contributed by atoms with E-state index in [1.807, 2.05) is 50.2 Å². The first-order chi connectivity index (χ1) is 15.9. The van der Waals surface area contributed by atoms with E-state index in [2.05, 4.69) is 17.2 Å². The molecule has 6 heteroatoms. The van der Waals surface area contributed by atoms with Gasteiger partial charge in [0.25, 0.3) is 5.91 Å². The van der Waals surface area contributed by atoms with Crippen molar-refractivity contribution in [3.63, 3.8) is 0 Å². The number of hydrogen-bond donors (Lipinski definition) is 1. The lowest BCUT2D eigenvalue weighted by Gasteiger charge is -2.04.